The molecule has 0 aliphatic carbocycles. The summed E-state index contributed by atoms with van der Waals surface area (Å²) in [5, 5.41) is -0.841. The van der Waals surface area contributed by atoms with E-state index in [9.17, 15) is 21.6 Å². The summed E-state index contributed by atoms with van der Waals surface area (Å²) in [7, 11) is -3.30. The lowest BCUT2D eigenvalue weighted by molar-refractivity contribution is -0.140. The molecular formula is C9H9ClF3N3O2S2. The van der Waals surface area contributed by atoms with E-state index in [1.165, 1.54) is 4.31 Å². The van der Waals surface area contributed by atoms with Crippen molar-refractivity contribution in [3.8, 4) is 0 Å². The molecule has 1 aromatic heterocycles. The molecule has 0 amide bonds. The van der Waals surface area contributed by atoms with Crippen LogP contribution in [0.3, 0.4) is 0 Å². The largest absolute Gasteiger partial charge is 0.420 e. The molecule has 2 rings (SSSR count). The second-order valence-corrected chi connectivity index (χ2v) is 7.79. The number of hydrogen-bond donors (Lipinski definition) is 0. The number of thioether (sulfide) groups is 1. The van der Waals surface area contributed by atoms with Crippen molar-refractivity contribution in [3.05, 3.63) is 17.0 Å². The topological polar surface area (TPSA) is 63.2 Å². The average molecular weight is 348 g/mol. The number of hydrogen-bond acceptors (Lipinski definition) is 5. The van der Waals surface area contributed by atoms with Gasteiger partial charge >= 0.3 is 6.18 Å². The molecule has 0 unspecified atom stereocenters. The molecule has 5 nitrogen and oxygen atoms in total. The SMILES string of the molecule is CS(=O)(=O)N1CC(Sc2nc(Cl)ncc2C(F)(F)F)C1. The van der Waals surface area contributed by atoms with Crippen molar-refractivity contribution in [2.45, 2.75) is 16.5 Å². The van der Waals surface area contributed by atoms with Gasteiger partial charge in [0, 0.05) is 24.5 Å². The van der Waals surface area contributed by atoms with Crippen molar-refractivity contribution in [2.24, 2.45) is 0 Å². The summed E-state index contributed by atoms with van der Waals surface area (Å²) < 4.78 is 61.9. The monoisotopic (exact) mass is 347 g/mol. The summed E-state index contributed by atoms with van der Waals surface area (Å²) in [5.74, 6) is 0. The van der Waals surface area contributed by atoms with Gasteiger partial charge in [-0.25, -0.2) is 18.4 Å². The van der Waals surface area contributed by atoms with Crippen LogP contribution in [0.4, 0.5) is 13.2 Å². The Morgan fingerprint density at radius 3 is 2.55 bits per heavy atom. The molecule has 0 N–H and O–H groups in total. The first-order chi connectivity index (χ1) is 9.07. The first-order valence-corrected chi connectivity index (χ1v) is 8.39. The molecule has 2 heterocycles. The molecule has 0 bridgehead atoms. The first kappa shape index (κ1) is 15.8. The summed E-state index contributed by atoms with van der Waals surface area (Å²) in [5.41, 5.74) is -0.968. The number of nitrogens with zero attached hydrogens (tertiary/aromatic N) is 3. The second-order valence-electron chi connectivity index (χ2n) is 4.18. The minimum Gasteiger partial charge on any atom is -0.226 e. The molecule has 0 aromatic carbocycles. The van der Waals surface area contributed by atoms with Crippen LogP contribution in [-0.4, -0.2) is 47.3 Å². The molecule has 0 atom stereocenters. The normalized spacial score (nSPS) is 18.1. The van der Waals surface area contributed by atoms with Gasteiger partial charge in [0.05, 0.1) is 6.26 Å². The maximum Gasteiger partial charge on any atom is 0.420 e. The fraction of sp³-hybridized carbons (Fsp3) is 0.556. The van der Waals surface area contributed by atoms with Crippen molar-refractivity contribution in [2.75, 3.05) is 19.3 Å². The van der Waals surface area contributed by atoms with Gasteiger partial charge in [0.15, 0.2) is 0 Å². The van der Waals surface area contributed by atoms with Gasteiger partial charge < -0.3 is 0 Å². The molecule has 0 saturated carbocycles. The maximum atomic E-state index is 12.8. The quantitative estimate of drug-likeness (QED) is 0.617. The van der Waals surface area contributed by atoms with Crippen LogP contribution in [0.1, 0.15) is 5.56 Å². The summed E-state index contributed by atoms with van der Waals surface area (Å²) in [6.07, 6.45) is -2.89. The molecule has 0 radical (unpaired) electrons. The Bertz CT molecular complexity index is 617. The lowest BCUT2D eigenvalue weighted by atomic mass is 10.3. The number of rotatable bonds is 3. The third-order valence-corrected chi connectivity index (χ3v) is 5.18. The van der Waals surface area contributed by atoms with Crippen LogP contribution in [0.5, 0.6) is 0 Å². The lowest BCUT2D eigenvalue weighted by Gasteiger charge is -2.36. The minimum atomic E-state index is -4.58. The molecule has 1 aliphatic rings. The van der Waals surface area contributed by atoms with Gasteiger partial charge in [-0.1, -0.05) is 11.8 Å². The first-order valence-electron chi connectivity index (χ1n) is 5.29. The zero-order valence-corrected chi connectivity index (χ0v) is 12.4. The van der Waals surface area contributed by atoms with E-state index in [-0.39, 0.29) is 28.6 Å². The van der Waals surface area contributed by atoms with Crippen LogP contribution in [-0.2, 0) is 16.2 Å². The molecule has 0 spiro atoms. The molecule has 1 aromatic rings. The number of sulfonamides is 1. The summed E-state index contributed by atoms with van der Waals surface area (Å²) >= 11 is 6.36. The van der Waals surface area contributed by atoms with Crippen LogP contribution in [0.25, 0.3) is 0 Å². The highest BCUT2D eigenvalue weighted by atomic mass is 35.5. The standard InChI is InChI=1S/C9H9ClF3N3O2S2/c1-20(17,18)16-3-5(4-16)19-7-6(9(11,12)13)2-14-8(10)15-7/h2,5H,3-4H2,1H3. The predicted octanol–water partition coefficient (Wildman–Crippen LogP) is 1.88. The number of aromatic nitrogens is 2. The number of halogens is 4. The van der Waals surface area contributed by atoms with E-state index >= 15 is 0 Å². The predicted molar refractivity (Wildman–Crippen MR) is 68.1 cm³/mol. The van der Waals surface area contributed by atoms with Crippen LogP contribution < -0.4 is 0 Å². The highest BCUT2D eigenvalue weighted by molar-refractivity contribution is 8.00. The van der Waals surface area contributed by atoms with Gasteiger partial charge in [0.2, 0.25) is 15.3 Å². The van der Waals surface area contributed by atoms with Gasteiger partial charge in [0.1, 0.15) is 10.6 Å². The van der Waals surface area contributed by atoms with Gasteiger partial charge in [-0.05, 0) is 11.6 Å². The average Bonchev–Trinajstić information content (AvgIpc) is 2.19. The summed E-state index contributed by atoms with van der Waals surface area (Å²) in [4.78, 5) is 6.90. The van der Waals surface area contributed by atoms with Gasteiger partial charge in [0.25, 0.3) is 0 Å². The Labute approximate surface area is 122 Å². The molecule has 112 valence electrons. The zero-order valence-electron chi connectivity index (χ0n) is 10.1. The zero-order chi connectivity index (χ0) is 15.1. The van der Waals surface area contributed by atoms with E-state index in [0.717, 1.165) is 18.0 Å². The maximum absolute atomic E-state index is 12.8. The molecule has 1 fully saturated rings. The van der Waals surface area contributed by atoms with Crippen LogP contribution in [0, 0.1) is 0 Å². The summed E-state index contributed by atoms with van der Waals surface area (Å²) in [6, 6.07) is 0. The van der Waals surface area contributed by atoms with Crippen molar-refractivity contribution >= 4 is 33.4 Å². The highest BCUT2D eigenvalue weighted by Gasteiger charge is 2.39. The second kappa shape index (κ2) is 5.32. The van der Waals surface area contributed by atoms with Crippen LogP contribution in [0.2, 0.25) is 5.28 Å². The fourth-order valence-corrected chi connectivity index (χ4v) is 4.07. The molecular weight excluding hydrogens is 339 g/mol. The van der Waals surface area contributed by atoms with Crippen molar-refractivity contribution < 1.29 is 21.6 Å². The smallest absolute Gasteiger partial charge is 0.226 e. The van der Waals surface area contributed by atoms with Crippen LogP contribution >= 0.6 is 23.4 Å². The number of alkyl halides is 3. The lowest BCUT2D eigenvalue weighted by Crippen LogP contribution is -2.51. The third kappa shape index (κ3) is 3.54. The van der Waals surface area contributed by atoms with Crippen LogP contribution in [0.15, 0.2) is 11.2 Å². The van der Waals surface area contributed by atoms with Crippen molar-refractivity contribution in [3.63, 3.8) is 0 Å². The third-order valence-electron chi connectivity index (χ3n) is 2.59. The van der Waals surface area contributed by atoms with Gasteiger partial charge in [-0.2, -0.15) is 17.5 Å². The van der Waals surface area contributed by atoms with E-state index in [1.54, 1.807) is 0 Å². The van der Waals surface area contributed by atoms with Crippen molar-refractivity contribution in [1.29, 1.82) is 0 Å². The van der Waals surface area contributed by atoms with Gasteiger partial charge in [-0.15, -0.1) is 0 Å². The van der Waals surface area contributed by atoms with Crippen molar-refractivity contribution in [1.82, 2.24) is 14.3 Å². The Balaban J connectivity index is 2.13. The Hall–Kier alpha value is -0.580. The Morgan fingerprint density at radius 2 is 2.05 bits per heavy atom. The fourth-order valence-electron chi connectivity index (χ4n) is 1.53. The molecule has 11 heteroatoms. The van der Waals surface area contributed by atoms with Gasteiger partial charge in [-0.3, -0.25) is 0 Å². The molecule has 20 heavy (non-hydrogen) atoms. The Kier molecular flexibility index (Phi) is 4.20. The van der Waals surface area contributed by atoms with E-state index < -0.39 is 21.8 Å². The van der Waals surface area contributed by atoms with E-state index in [2.05, 4.69) is 9.97 Å². The van der Waals surface area contributed by atoms with E-state index in [4.69, 9.17) is 11.6 Å². The molecule has 1 aliphatic heterocycles. The molecule has 1 saturated heterocycles. The van der Waals surface area contributed by atoms with E-state index in [1.807, 2.05) is 0 Å². The van der Waals surface area contributed by atoms with E-state index in [0.29, 0.717) is 6.20 Å². The Morgan fingerprint density at radius 1 is 1.45 bits per heavy atom. The highest BCUT2D eigenvalue weighted by Crippen LogP contribution is 2.39. The minimum absolute atomic E-state index is 0.155. The summed E-state index contributed by atoms with van der Waals surface area (Å²) in [6.45, 7) is 0.310.